The lowest BCUT2D eigenvalue weighted by Crippen LogP contribution is -2.32. The van der Waals surface area contributed by atoms with Gasteiger partial charge in [0.25, 0.3) is 5.91 Å². The van der Waals surface area contributed by atoms with E-state index in [2.05, 4.69) is 17.5 Å². The summed E-state index contributed by atoms with van der Waals surface area (Å²) in [5, 5.41) is 1.85. The normalized spacial score (nSPS) is 9.94. The van der Waals surface area contributed by atoms with E-state index in [4.69, 9.17) is 17.3 Å². The molecule has 0 unspecified atom stereocenters. The maximum absolute atomic E-state index is 13.2. The first-order valence-electron chi connectivity index (χ1n) is 4.13. The minimum atomic E-state index is -0.910. The number of carbonyl (C=O) groups is 1. The third-order valence-electron chi connectivity index (χ3n) is 1.68. The molecule has 0 fully saturated rings. The molecular formula is C9H7ClF2N2OS. The van der Waals surface area contributed by atoms with E-state index in [9.17, 15) is 13.6 Å². The van der Waals surface area contributed by atoms with Gasteiger partial charge in [-0.15, -0.1) is 0 Å². The first kappa shape index (κ1) is 12.8. The molecule has 0 radical (unpaired) electrons. The van der Waals surface area contributed by atoms with Crippen LogP contribution in [-0.4, -0.2) is 17.4 Å². The van der Waals surface area contributed by atoms with Crippen LogP contribution in [0.4, 0.5) is 8.78 Å². The smallest absolute Gasteiger partial charge is 0.254 e. The van der Waals surface area contributed by atoms with Crippen molar-refractivity contribution in [1.82, 2.24) is 5.32 Å². The quantitative estimate of drug-likeness (QED) is 0.645. The molecule has 0 bridgehead atoms. The first-order chi connectivity index (χ1) is 7.41. The van der Waals surface area contributed by atoms with Crippen LogP contribution in [0.1, 0.15) is 10.4 Å². The number of nitrogens with one attached hydrogen (secondary N) is 1. The summed E-state index contributed by atoms with van der Waals surface area (Å²) in [6.07, 6.45) is 0. The van der Waals surface area contributed by atoms with Gasteiger partial charge in [0.2, 0.25) is 0 Å². The molecule has 0 saturated carbocycles. The van der Waals surface area contributed by atoms with Crippen LogP contribution >= 0.6 is 23.8 Å². The first-order valence-corrected chi connectivity index (χ1v) is 4.91. The Bertz CT molecular complexity index is 453. The number of hydrogen-bond acceptors (Lipinski definition) is 2. The number of thiocarbonyl (C=S) groups is 1. The SMILES string of the molecule is NC(=S)CNC(=O)c1cc(F)c(Cl)cc1F. The minimum Gasteiger partial charge on any atom is -0.392 e. The van der Waals surface area contributed by atoms with Crippen LogP contribution in [0.25, 0.3) is 0 Å². The Hall–Kier alpha value is -1.27. The van der Waals surface area contributed by atoms with Crippen molar-refractivity contribution >= 4 is 34.7 Å². The van der Waals surface area contributed by atoms with Gasteiger partial charge >= 0.3 is 0 Å². The summed E-state index contributed by atoms with van der Waals surface area (Å²) < 4.78 is 26.2. The predicted octanol–water partition coefficient (Wildman–Crippen LogP) is 1.63. The molecule has 86 valence electrons. The monoisotopic (exact) mass is 264 g/mol. The van der Waals surface area contributed by atoms with E-state index < -0.39 is 23.1 Å². The number of benzene rings is 1. The fourth-order valence-electron chi connectivity index (χ4n) is 0.959. The molecule has 7 heteroatoms. The molecule has 0 aliphatic carbocycles. The summed E-state index contributed by atoms with van der Waals surface area (Å²) in [6.45, 7) is -0.0855. The molecule has 3 N–H and O–H groups in total. The van der Waals surface area contributed by atoms with Gasteiger partial charge in [-0.2, -0.15) is 0 Å². The number of rotatable bonds is 3. The summed E-state index contributed by atoms with van der Waals surface area (Å²) in [4.78, 5) is 11.4. The van der Waals surface area contributed by atoms with E-state index in [0.29, 0.717) is 6.07 Å². The van der Waals surface area contributed by atoms with Crippen molar-refractivity contribution in [1.29, 1.82) is 0 Å². The van der Waals surface area contributed by atoms with E-state index >= 15 is 0 Å². The van der Waals surface area contributed by atoms with Crippen molar-refractivity contribution in [3.63, 3.8) is 0 Å². The van der Waals surface area contributed by atoms with Crippen molar-refractivity contribution < 1.29 is 13.6 Å². The molecule has 1 amide bonds. The highest BCUT2D eigenvalue weighted by molar-refractivity contribution is 7.80. The highest BCUT2D eigenvalue weighted by Gasteiger charge is 2.15. The van der Waals surface area contributed by atoms with Crippen LogP contribution in [0.5, 0.6) is 0 Å². The average molecular weight is 265 g/mol. The lowest BCUT2D eigenvalue weighted by atomic mass is 10.2. The molecule has 1 aromatic carbocycles. The van der Waals surface area contributed by atoms with Crippen molar-refractivity contribution in [2.45, 2.75) is 0 Å². The van der Waals surface area contributed by atoms with Crippen LogP contribution in [0, 0.1) is 11.6 Å². The summed E-state index contributed by atoms with van der Waals surface area (Å²) in [5.41, 5.74) is 4.69. The van der Waals surface area contributed by atoms with Crippen LogP contribution < -0.4 is 11.1 Å². The fraction of sp³-hybridized carbons (Fsp3) is 0.111. The Labute approximate surface area is 101 Å². The third kappa shape index (κ3) is 3.11. The van der Waals surface area contributed by atoms with Crippen molar-refractivity contribution in [2.24, 2.45) is 5.73 Å². The summed E-state index contributed by atoms with van der Waals surface area (Å²) in [6, 6.07) is 1.44. The topological polar surface area (TPSA) is 55.1 Å². The lowest BCUT2D eigenvalue weighted by molar-refractivity contribution is 0.0955. The maximum atomic E-state index is 13.2. The van der Waals surface area contributed by atoms with Gasteiger partial charge in [-0.05, 0) is 12.1 Å². The number of nitrogens with two attached hydrogens (primary N) is 1. The predicted molar refractivity (Wildman–Crippen MR) is 60.5 cm³/mol. The largest absolute Gasteiger partial charge is 0.392 e. The van der Waals surface area contributed by atoms with Crippen LogP contribution in [-0.2, 0) is 0 Å². The molecule has 0 aliphatic heterocycles. The molecule has 0 aliphatic rings. The molecular weight excluding hydrogens is 258 g/mol. The standard InChI is InChI=1S/C9H7ClF2N2OS/c10-5-2-6(11)4(1-7(5)12)9(15)14-3-8(13)16/h1-2H,3H2,(H2,13,16)(H,14,15). The molecule has 0 spiro atoms. The third-order valence-corrected chi connectivity index (χ3v) is 2.11. The second kappa shape index (κ2) is 5.18. The van der Waals surface area contributed by atoms with Gasteiger partial charge in [0.05, 0.1) is 22.1 Å². The van der Waals surface area contributed by atoms with Crippen LogP contribution in [0.2, 0.25) is 5.02 Å². The summed E-state index contributed by atoms with van der Waals surface area (Å²) >= 11 is 9.85. The maximum Gasteiger partial charge on any atom is 0.254 e. The Morgan fingerprint density at radius 2 is 2.06 bits per heavy atom. The van der Waals surface area contributed by atoms with E-state index in [-0.39, 0.29) is 16.6 Å². The van der Waals surface area contributed by atoms with Gasteiger partial charge in [0.1, 0.15) is 11.6 Å². The van der Waals surface area contributed by atoms with Gasteiger partial charge in [-0.3, -0.25) is 4.79 Å². The Morgan fingerprint density at radius 3 is 2.62 bits per heavy atom. The van der Waals surface area contributed by atoms with Gasteiger partial charge in [0.15, 0.2) is 0 Å². The Balaban J connectivity index is 2.91. The molecule has 0 saturated heterocycles. The Morgan fingerprint density at radius 1 is 1.44 bits per heavy atom. The molecule has 0 heterocycles. The Kier molecular flexibility index (Phi) is 4.14. The van der Waals surface area contributed by atoms with Crippen LogP contribution in [0.15, 0.2) is 12.1 Å². The highest BCUT2D eigenvalue weighted by Crippen LogP contribution is 2.19. The van der Waals surface area contributed by atoms with E-state index in [0.717, 1.165) is 6.07 Å². The van der Waals surface area contributed by atoms with E-state index in [1.165, 1.54) is 0 Å². The zero-order chi connectivity index (χ0) is 12.3. The van der Waals surface area contributed by atoms with Gasteiger partial charge in [-0.25, -0.2) is 8.78 Å². The number of amides is 1. The van der Waals surface area contributed by atoms with Gasteiger partial charge in [0, 0.05) is 0 Å². The van der Waals surface area contributed by atoms with Crippen molar-refractivity contribution in [2.75, 3.05) is 6.54 Å². The van der Waals surface area contributed by atoms with Gasteiger partial charge < -0.3 is 11.1 Å². The average Bonchev–Trinajstić information content (AvgIpc) is 2.20. The molecule has 16 heavy (non-hydrogen) atoms. The lowest BCUT2D eigenvalue weighted by Gasteiger charge is -2.05. The minimum absolute atomic E-state index is 0.0446. The van der Waals surface area contributed by atoms with Gasteiger partial charge in [-0.1, -0.05) is 23.8 Å². The van der Waals surface area contributed by atoms with Crippen LogP contribution in [0.3, 0.4) is 0 Å². The number of halogens is 3. The zero-order valence-corrected chi connectivity index (χ0v) is 9.46. The van der Waals surface area contributed by atoms with Crippen molar-refractivity contribution in [3.8, 4) is 0 Å². The molecule has 1 rings (SSSR count). The molecule has 0 atom stereocenters. The molecule has 1 aromatic rings. The summed E-state index contributed by atoms with van der Waals surface area (Å²) in [7, 11) is 0. The van der Waals surface area contributed by atoms with E-state index in [1.807, 2.05) is 0 Å². The number of carbonyl (C=O) groups excluding carboxylic acids is 1. The summed E-state index contributed by atoms with van der Waals surface area (Å²) in [5.74, 6) is -2.59. The second-order valence-corrected chi connectivity index (χ2v) is 3.83. The fourth-order valence-corrected chi connectivity index (χ4v) is 1.18. The van der Waals surface area contributed by atoms with Crippen molar-refractivity contribution in [3.05, 3.63) is 34.4 Å². The zero-order valence-electron chi connectivity index (χ0n) is 7.89. The van der Waals surface area contributed by atoms with E-state index in [1.54, 1.807) is 0 Å². The highest BCUT2D eigenvalue weighted by atomic mass is 35.5. The molecule has 3 nitrogen and oxygen atoms in total. The molecule has 0 aromatic heterocycles. The second-order valence-electron chi connectivity index (χ2n) is 2.90. The number of hydrogen-bond donors (Lipinski definition) is 2.